The van der Waals surface area contributed by atoms with Gasteiger partial charge in [0, 0.05) is 37.7 Å². The van der Waals surface area contributed by atoms with E-state index in [1.165, 1.54) is 5.56 Å². The minimum Gasteiger partial charge on any atom is -0.379 e. The van der Waals surface area contributed by atoms with E-state index in [0.29, 0.717) is 25.1 Å². The summed E-state index contributed by atoms with van der Waals surface area (Å²) in [7, 11) is 0. The number of aliphatic hydroxyl groups is 1. The summed E-state index contributed by atoms with van der Waals surface area (Å²) < 4.78 is 2.08. The summed E-state index contributed by atoms with van der Waals surface area (Å²) in [5.41, 5.74) is 0.0255. The van der Waals surface area contributed by atoms with Crippen molar-refractivity contribution < 1.29 is 9.90 Å². The van der Waals surface area contributed by atoms with Crippen molar-refractivity contribution in [2.45, 2.75) is 25.0 Å². The lowest BCUT2D eigenvalue weighted by atomic mass is 10.0. The molecule has 6 heteroatoms. The predicted molar refractivity (Wildman–Crippen MR) is 91.4 cm³/mol. The molecule has 1 aliphatic heterocycles. The van der Waals surface area contributed by atoms with E-state index < -0.39 is 5.60 Å². The number of nitrogens with one attached hydrogen (secondary N) is 1. The van der Waals surface area contributed by atoms with E-state index in [4.69, 9.17) is 0 Å². The van der Waals surface area contributed by atoms with Gasteiger partial charge in [0.05, 0.1) is 0 Å². The van der Waals surface area contributed by atoms with Crippen molar-refractivity contribution >= 4 is 17.7 Å². The van der Waals surface area contributed by atoms with Crippen LogP contribution >= 0.6 is 11.8 Å². The molecule has 2 N–H and O–H groups in total. The van der Waals surface area contributed by atoms with Gasteiger partial charge in [-0.05, 0) is 17.7 Å². The fraction of sp³-hybridized carbons (Fsp3) is 0.412. The Bertz CT molecular complexity index is 651. The molecular formula is C17H21N3O2S. The van der Waals surface area contributed by atoms with Crippen molar-refractivity contribution in [3.05, 3.63) is 54.1 Å². The number of rotatable bonds is 6. The van der Waals surface area contributed by atoms with E-state index in [1.807, 2.05) is 24.4 Å². The summed E-state index contributed by atoms with van der Waals surface area (Å²) in [6.07, 6.45) is 4.91. The van der Waals surface area contributed by atoms with Crippen LogP contribution in [0.5, 0.6) is 0 Å². The molecule has 3 rings (SSSR count). The van der Waals surface area contributed by atoms with E-state index in [1.54, 1.807) is 18.0 Å². The highest BCUT2D eigenvalue weighted by Crippen LogP contribution is 2.27. The topological polar surface area (TPSA) is 67.2 Å². The molecule has 5 nitrogen and oxygen atoms in total. The first-order valence-electron chi connectivity index (χ1n) is 7.80. The van der Waals surface area contributed by atoms with Crippen LogP contribution in [-0.2, 0) is 17.8 Å². The van der Waals surface area contributed by atoms with Crippen molar-refractivity contribution in [2.24, 2.45) is 0 Å². The van der Waals surface area contributed by atoms with Crippen LogP contribution in [0.25, 0.3) is 0 Å². The van der Waals surface area contributed by atoms with Gasteiger partial charge in [0.2, 0.25) is 0 Å². The SMILES string of the molecule is O=C(NCCc1nccn1Cc1ccccc1)C1(O)CCSC1. The number of hydrogen-bond donors (Lipinski definition) is 2. The van der Waals surface area contributed by atoms with E-state index in [9.17, 15) is 9.90 Å². The third kappa shape index (κ3) is 3.95. The molecule has 0 radical (unpaired) electrons. The number of aromatic nitrogens is 2. The van der Waals surface area contributed by atoms with E-state index in [2.05, 4.69) is 27.0 Å². The molecule has 122 valence electrons. The molecule has 2 heterocycles. The van der Waals surface area contributed by atoms with Gasteiger partial charge in [-0.3, -0.25) is 4.79 Å². The van der Waals surface area contributed by atoms with Gasteiger partial charge in [-0.2, -0.15) is 11.8 Å². The zero-order valence-electron chi connectivity index (χ0n) is 12.9. The zero-order chi connectivity index (χ0) is 16.1. The second-order valence-electron chi connectivity index (χ2n) is 5.80. The third-order valence-electron chi connectivity index (χ3n) is 4.06. The number of hydrogen-bond acceptors (Lipinski definition) is 4. The number of imidazole rings is 1. The normalized spacial score (nSPS) is 20.6. The molecule has 1 saturated heterocycles. The van der Waals surface area contributed by atoms with Gasteiger partial charge in [-0.25, -0.2) is 4.98 Å². The highest BCUT2D eigenvalue weighted by Gasteiger charge is 2.39. The molecular weight excluding hydrogens is 310 g/mol. The van der Waals surface area contributed by atoms with Crippen LogP contribution in [0.4, 0.5) is 0 Å². The smallest absolute Gasteiger partial charge is 0.252 e. The van der Waals surface area contributed by atoms with Gasteiger partial charge in [0.25, 0.3) is 5.91 Å². The Kier molecular flexibility index (Phi) is 5.03. The second-order valence-corrected chi connectivity index (χ2v) is 6.90. The summed E-state index contributed by atoms with van der Waals surface area (Å²) in [4.78, 5) is 16.4. The molecule has 1 aliphatic rings. The largest absolute Gasteiger partial charge is 0.379 e. The van der Waals surface area contributed by atoms with Crippen LogP contribution in [0.1, 0.15) is 17.8 Å². The van der Waals surface area contributed by atoms with Gasteiger partial charge in [-0.1, -0.05) is 30.3 Å². The Morgan fingerprint density at radius 3 is 2.96 bits per heavy atom. The minimum absolute atomic E-state index is 0.260. The van der Waals surface area contributed by atoms with Crippen LogP contribution in [-0.4, -0.2) is 44.2 Å². The Morgan fingerprint density at radius 2 is 2.22 bits per heavy atom. The van der Waals surface area contributed by atoms with Crippen LogP contribution in [0.3, 0.4) is 0 Å². The lowest BCUT2D eigenvalue weighted by Crippen LogP contribution is -2.47. The maximum atomic E-state index is 12.1. The first-order valence-corrected chi connectivity index (χ1v) is 8.95. The molecule has 1 fully saturated rings. The zero-order valence-corrected chi connectivity index (χ0v) is 13.8. The molecule has 0 bridgehead atoms. The lowest BCUT2D eigenvalue weighted by molar-refractivity contribution is -0.137. The molecule has 1 unspecified atom stereocenters. The van der Waals surface area contributed by atoms with Gasteiger partial charge in [-0.15, -0.1) is 0 Å². The van der Waals surface area contributed by atoms with Gasteiger partial charge in [0.1, 0.15) is 5.82 Å². The van der Waals surface area contributed by atoms with Crippen LogP contribution < -0.4 is 5.32 Å². The maximum Gasteiger partial charge on any atom is 0.252 e. The number of thioether (sulfide) groups is 1. The van der Waals surface area contributed by atoms with E-state index in [-0.39, 0.29) is 5.91 Å². The summed E-state index contributed by atoms with van der Waals surface area (Å²) >= 11 is 1.62. The van der Waals surface area contributed by atoms with Gasteiger partial charge >= 0.3 is 0 Å². The van der Waals surface area contributed by atoms with Crippen LogP contribution in [0, 0.1) is 0 Å². The molecule has 2 aromatic rings. The highest BCUT2D eigenvalue weighted by molar-refractivity contribution is 7.99. The number of nitrogens with zero attached hydrogens (tertiary/aromatic N) is 2. The Morgan fingerprint density at radius 1 is 1.39 bits per heavy atom. The molecule has 1 aromatic carbocycles. The Labute approximate surface area is 140 Å². The summed E-state index contributed by atoms with van der Waals surface area (Å²) in [5.74, 6) is 2.00. The van der Waals surface area contributed by atoms with E-state index in [0.717, 1.165) is 18.1 Å². The lowest BCUT2D eigenvalue weighted by Gasteiger charge is -2.20. The molecule has 1 atom stereocenters. The number of carbonyl (C=O) groups excluding carboxylic acids is 1. The van der Waals surface area contributed by atoms with Gasteiger partial charge in [0.15, 0.2) is 5.60 Å². The Hall–Kier alpha value is -1.79. The molecule has 0 spiro atoms. The third-order valence-corrected chi connectivity index (χ3v) is 5.23. The number of benzene rings is 1. The van der Waals surface area contributed by atoms with Crippen molar-refractivity contribution in [3.8, 4) is 0 Å². The second kappa shape index (κ2) is 7.19. The van der Waals surface area contributed by atoms with Crippen molar-refractivity contribution in [3.63, 3.8) is 0 Å². The molecule has 0 saturated carbocycles. The van der Waals surface area contributed by atoms with E-state index >= 15 is 0 Å². The average Bonchev–Trinajstić information content (AvgIpc) is 3.19. The van der Waals surface area contributed by atoms with Crippen molar-refractivity contribution in [1.82, 2.24) is 14.9 Å². The standard InChI is InChI=1S/C17H21N3O2S/c21-16(17(22)7-11-23-13-17)19-8-6-15-18-9-10-20(15)12-14-4-2-1-3-5-14/h1-5,9-10,22H,6-8,11-13H2,(H,19,21). The first kappa shape index (κ1) is 16.1. The summed E-state index contributed by atoms with van der Waals surface area (Å²) in [6.45, 7) is 1.25. The monoisotopic (exact) mass is 331 g/mol. The quantitative estimate of drug-likeness (QED) is 0.841. The molecule has 1 aromatic heterocycles. The number of carbonyl (C=O) groups is 1. The van der Waals surface area contributed by atoms with Crippen LogP contribution in [0.2, 0.25) is 0 Å². The van der Waals surface area contributed by atoms with Gasteiger partial charge < -0.3 is 15.0 Å². The number of amides is 1. The molecule has 1 amide bonds. The first-order chi connectivity index (χ1) is 11.2. The molecule has 23 heavy (non-hydrogen) atoms. The fourth-order valence-electron chi connectivity index (χ4n) is 2.68. The molecule has 0 aliphatic carbocycles. The fourth-order valence-corrected chi connectivity index (χ4v) is 3.92. The minimum atomic E-state index is -1.19. The van der Waals surface area contributed by atoms with Crippen molar-refractivity contribution in [1.29, 1.82) is 0 Å². The summed E-state index contributed by atoms with van der Waals surface area (Å²) in [5, 5.41) is 13.1. The Balaban J connectivity index is 1.53. The highest BCUT2D eigenvalue weighted by atomic mass is 32.2. The van der Waals surface area contributed by atoms with Crippen molar-refractivity contribution in [2.75, 3.05) is 18.1 Å². The maximum absolute atomic E-state index is 12.1. The predicted octanol–water partition coefficient (Wildman–Crippen LogP) is 1.46. The van der Waals surface area contributed by atoms with Crippen LogP contribution in [0.15, 0.2) is 42.7 Å². The average molecular weight is 331 g/mol. The summed E-state index contributed by atoms with van der Waals surface area (Å²) in [6, 6.07) is 10.2.